The van der Waals surface area contributed by atoms with Crippen LogP contribution in [0, 0.1) is 0 Å². The van der Waals surface area contributed by atoms with Crippen LogP contribution in [0.25, 0.3) is 0 Å². The molecular formula is C8H11F3N2S. The van der Waals surface area contributed by atoms with Gasteiger partial charge in [-0.15, -0.1) is 11.3 Å². The molecule has 0 bridgehead atoms. The van der Waals surface area contributed by atoms with E-state index >= 15 is 0 Å². The van der Waals surface area contributed by atoms with Crippen molar-refractivity contribution in [1.29, 1.82) is 0 Å². The predicted octanol–water partition coefficient (Wildman–Crippen LogP) is 2.58. The second-order valence-electron chi connectivity index (χ2n) is 2.88. The number of alkyl halides is 3. The summed E-state index contributed by atoms with van der Waals surface area (Å²) in [4.78, 5) is 4.00. The molecule has 1 aromatic rings. The molecule has 0 radical (unpaired) electrons. The van der Waals surface area contributed by atoms with Crippen molar-refractivity contribution in [2.45, 2.75) is 25.6 Å². The van der Waals surface area contributed by atoms with Crippen LogP contribution in [0.3, 0.4) is 0 Å². The Kier molecular flexibility index (Phi) is 4.34. The molecule has 0 aliphatic carbocycles. The number of nitrogens with zero attached hydrogens (tertiary/aromatic N) is 1. The maximum atomic E-state index is 11.7. The highest BCUT2D eigenvalue weighted by Crippen LogP contribution is 2.20. The molecule has 80 valence electrons. The highest BCUT2D eigenvalue weighted by atomic mass is 32.1. The summed E-state index contributed by atoms with van der Waals surface area (Å²) in [6, 6.07) is 0. The largest absolute Gasteiger partial charge is 0.389 e. The Morgan fingerprint density at radius 2 is 2.21 bits per heavy atom. The lowest BCUT2D eigenvalue weighted by Crippen LogP contribution is -2.17. The molecule has 0 aliphatic heterocycles. The van der Waals surface area contributed by atoms with Crippen LogP contribution in [-0.4, -0.2) is 17.7 Å². The second kappa shape index (κ2) is 5.31. The van der Waals surface area contributed by atoms with E-state index < -0.39 is 12.6 Å². The van der Waals surface area contributed by atoms with Gasteiger partial charge in [0.2, 0.25) is 0 Å². The lowest BCUT2D eigenvalue weighted by Gasteiger charge is -2.05. The lowest BCUT2D eigenvalue weighted by atomic mass is 10.3. The fraction of sp³-hybridized carbons (Fsp3) is 0.625. The fourth-order valence-corrected chi connectivity index (χ4v) is 1.51. The summed E-state index contributed by atoms with van der Waals surface area (Å²) < 4.78 is 35.2. The van der Waals surface area contributed by atoms with Gasteiger partial charge >= 0.3 is 6.18 Å². The number of aromatic nitrogens is 1. The number of hydrogen-bond donors (Lipinski definition) is 1. The first-order valence-corrected chi connectivity index (χ1v) is 5.17. The lowest BCUT2D eigenvalue weighted by molar-refractivity contribution is -0.135. The zero-order valence-corrected chi connectivity index (χ0v) is 8.29. The van der Waals surface area contributed by atoms with Crippen LogP contribution < -0.4 is 5.32 Å². The Labute approximate surface area is 84.2 Å². The van der Waals surface area contributed by atoms with E-state index in [-0.39, 0.29) is 6.42 Å². The van der Waals surface area contributed by atoms with E-state index in [0.29, 0.717) is 13.1 Å². The summed E-state index contributed by atoms with van der Waals surface area (Å²) in [5.41, 5.74) is 2.58. The van der Waals surface area contributed by atoms with Gasteiger partial charge in [-0.3, -0.25) is 0 Å². The summed E-state index contributed by atoms with van der Waals surface area (Å²) in [5.74, 6) is 0. The maximum absolute atomic E-state index is 11.7. The van der Waals surface area contributed by atoms with E-state index in [2.05, 4.69) is 10.3 Å². The van der Waals surface area contributed by atoms with E-state index in [1.54, 1.807) is 5.51 Å². The van der Waals surface area contributed by atoms with Crippen LogP contribution in [0.2, 0.25) is 0 Å². The molecule has 0 aliphatic rings. The molecule has 1 heterocycles. The van der Waals surface area contributed by atoms with Crippen LogP contribution in [0.4, 0.5) is 13.2 Å². The minimum Gasteiger partial charge on any atom is -0.311 e. The molecule has 1 N–H and O–H groups in total. The SMILES string of the molecule is FC(F)(F)CCCNCc1cscn1. The van der Waals surface area contributed by atoms with Crippen molar-refractivity contribution in [3.05, 3.63) is 16.6 Å². The van der Waals surface area contributed by atoms with Crippen molar-refractivity contribution in [2.24, 2.45) is 0 Å². The highest BCUT2D eigenvalue weighted by Gasteiger charge is 2.25. The molecule has 0 spiro atoms. The van der Waals surface area contributed by atoms with Crippen molar-refractivity contribution in [2.75, 3.05) is 6.54 Å². The number of nitrogens with one attached hydrogen (secondary N) is 1. The monoisotopic (exact) mass is 224 g/mol. The van der Waals surface area contributed by atoms with Gasteiger partial charge in [0, 0.05) is 18.3 Å². The molecule has 0 saturated heterocycles. The average molecular weight is 224 g/mol. The van der Waals surface area contributed by atoms with Crippen molar-refractivity contribution < 1.29 is 13.2 Å². The van der Waals surface area contributed by atoms with Crippen molar-refractivity contribution in [3.8, 4) is 0 Å². The fourth-order valence-electron chi connectivity index (χ4n) is 0.955. The van der Waals surface area contributed by atoms with Gasteiger partial charge in [-0.25, -0.2) is 4.98 Å². The molecule has 0 amide bonds. The van der Waals surface area contributed by atoms with Crippen molar-refractivity contribution in [1.82, 2.24) is 10.3 Å². The molecule has 14 heavy (non-hydrogen) atoms. The highest BCUT2D eigenvalue weighted by molar-refractivity contribution is 7.07. The van der Waals surface area contributed by atoms with Crippen LogP contribution >= 0.6 is 11.3 Å². The van der Waals surface area contributed by atoms with Crippen LogP contribution in [0.5, 0.6) is 0 Å². The smallest absolute Gasteiger partial charge is 0.311 e. The van der Waals surface area contributed by atoms with Crippen molar-refractivity contribution >= 4 is 11.3 Å². The van der Waals surface area contributed by atoms with Crippen LogP contribution in [0.15, 0.2) is 10.9 Å². The van der Waals surface area contributed by atoms with Gasteiger partial charge in [-0.2, -0.15) is 13.2 Å². The van der Waals surface area contributed by atoms with Gasteiger partial charge in [0.15, 0.2) is 0 Å². The van der Waals surface area contributed by atoms with E-state index in [4.69, 9.17) is 0 Å². The number of halogens is 3. The Morgan fingerprint density at radius 3 is 2.79 bits per heavy atom. The first kappa shape index (κ1) is 11.5. The van der Waals surface area contributed by atoms with Gasteiger partial charge in [0.05, 0.1) is 11.2 Å². The third-order valence-corrected chi connectivity index (χ3v) is 2.24. The molecule has 2 nitrogen and oxygen atoms in total. The first-order chi connectivity index (χ1) is 6.58. The normalized spacial score (nSPS) is 11.9. The minimum atomic E-state index is -4.04. The van der Waals surface area contributed by atoms with Gasteiger partial charge in [0.25, 0.3) is 0 Å². The Hall–Kier alpha value is -0.620. The van der Waals surface area contributed by atoms with Gasteiger partial charge in [-0.1, -0.05) is 0 Å². The molecule has 0 atom stereocenters. The van der Waals surface area contributed by atoms with E-state index in [0.717, 1.165) is 5.69 Å². The van der Waals surface area contributed by atoms with E-state index in [9.17, 15) is 13.2 Å². The molecule has 1 aromatic heterocycles. The quantitative estimate of drug-likeness (QED) is 0.777. The zero-order valence-electron chi connectivity index (χ0n) is 7.47. The van der Waals surface area contributed by atoms with Crippen LogP contribution in [-0.2, 0) is 6.54 Å². The zero-order chi connectivity index (χ0) is 10.4. The Balaban J connectivity index is 2.00. The topological polar surface area (TPSA) is 24.9 Å². The maximum Gasteiger partial charge on any atom is 0.389 e. The molecule has 0 aromatic carbocycles. The summed E-state index contributed by atoms with van der Waals surface area (Å²) in [6.07, 6.45) is -4.65. The molecule has 0 saturated carbocycles. The van der Waals surface area contributed by atoms with Crippen LogP contribution in [0.1, 0.15) is 18.5 Å². The minimum absolute atomic E-state index is 0.119. The summed E-state index contributed by atoms with van der Waals surface area (Å²) in [5, 5.41) is 4.78. The molecule has 6 heteroatoms. The first-order valence-electron chi connectivity index (χ1n) is 4.22. The third-order valence-electron chi connectivity index (χ3n) is 1.60. The Bertz CT molecular complexity index is 246. The summed E-state index contributed by atoms with van der Waals surface area (Å²) >= 11 is 1.48. The molecule has 0 unspecified atom stereocenters. The summed E-state index contributed by atoms with van der Waals surface area (Å²) in [6.45, 7) is 0.915. The predicted molar refractivity (Wildman–Crippen MR) is 49.1 cm³/mol. The average Bonchev–Trinajstić information content (AvgIpc) is 2.54. The van der Waals surface area contributed by atoms with Gasteiger partial charge in [-0.05, 0) is 13.0 Å². The standard InChI is InChI=1S/C8H11F3N2S/c9-8(10,11)2-1-3-12-4-7-5-14-6-13-7/h5-6,12H,1-4H2. The Morgan fingerprint density at radius 1 is 1.43 bits per heavy atom. The van der Waals surface area contributed by atoms with Crippen molar-refractivity contribution in [3.63, 3.8) is 0 Å². The number of rotatable bonds is 5. The van der Waals surface area contributed by atoms with E-state index in [1.807, 2.05) is 5.38 Å². The van der Waals surface area contributed by atoms with E-state index in [1.165, 1.54) is 11.3 Å². The summed E-state index contributed by atoms with van der Waals surface area (Å²) in [7, 11) is 0. The van der Waals surface area contributed by atoms with Gasteiger partial charge in [0.1, 0.15) is 0 Å². The van der Waals surface area contributed by atoms with Gasteiger partial charge < -0.3 is 5.32 Å². The second-order valence-corrected chi connectivity index (χ2v) is 3.59. The molecule has 0 fully saturated rings. The third kappa shape index (κ3) is 5.18. The number of hydrogen-bond acceptors (Lipinski definition) is 3. The number of thiazole rings is 1. The molecular weight excluding hydrogens is 213 g/mol. The molecule has 1 rings (SSSR count).